The fourth-order valence-electron chi connectivity index (χ4n) is 1.42. The van der Waals surface area contributed by atoms with Gasteiger partial charge in [-0.25, -0.2) is 8.78 Å². The molecule has 0 saturated heterocycles. The first-order chi connectivity index (χ1) is 7.11. The molecule has 1 heterocycles. The van der Waals surface area contributed by atoms with Gasteiger partial charge in [-0.05, 0) is 18.1 Å². The van der Waals surface area contributed by atoms with E-state index in [1.807, 2.05) is 6.07 Å². The maximum absolute atomic E-state index is 12.7. The van der Waals surface area contributed by atoms with Gasteiger partial charge in [0.1, 0.15) is 0 Å². The minimum atomic E-state index is -2.62. The van der Waals surface area contributed by atoms with Gasteiger partial charge in [0.05, 0.1) is 18.2 Å². The van der Waals surface area contributed by atoms with E-state index in [4.69, 9.17) is 11.0 Å². The van der Waals surface area contributed by atoms with E-state index in [1.165, 1.54) is 6.20 Å². The number of nitrogens with two attached hydrogens (primary N) is 1. The Morgan fingerprint density at radius 2 is 2.27 bits per heavy atom. The molecule has 0 aromatic carbocycles. The Morgan fingerprint density at radius 3 is 2.73 bits per heavy atom. The van der Waals surface area contributed by atoms with Crippen LogP contribution in [0.4, 0.5) is 8.78 Å². The predicted octanol–water partition coefficient (Wildman–Crippen LogP) is 1.85. The molecule has 3 nitrogen and oxygen atoms in total. The summed E-state index contributed by atoms with van der Waals surface area (Å²) in [6, 6.07) is 1.82. The molecule has 0 saturated carbocycles. The fourth-order valence-corrected chi connectivity index (χ4v) is 1.42. The summed E-state index contributed by atoms with van der Waals surface area (Å²) in [5.74, 6) is 0. The molecule has 0 aliphatic carbocycles. The van der Waals surface area contributed by atoms with E-state index in [9.17, 15) is 8.78 Å². The number of halogens is 2. The monoisotopic (exact) mass is 211 g/mol. The number of nitriles is 1. The molecular weight excluding hydrogens is 200 g/mol. The number of aromatic nitrogens is 1. The predicted molar refractivity (Wildman–Crippen MR) is 51.1 cm³/mol. The third kappa shape index (κ3) is 2.28. The quantitative estimate of drug-likeness (QED) is 0.829. The zero-order valence-corrected chi connectivity index (χ0v) is 8.30. The smallest absolute Gasteiger partial charge is 0.265 e. The van der Waals surface area contributed by atoms with Crippen molar-refractivity contribution in [2.75, 3.05) is 0 Å². The highest BCUT2D eigenvalue weighted by atomic mass is 19.3. The first-order valence-corrected chi connectivity index (χ1v) is 4.44. The molecule has 1 rings (SSSR count). The van der Waals surface area contributed by atoms with Gasteiger partial charge < -0.3 is 5.73 Å². The second-order valence-electron chi connectivity index (χ2n) is 3.11. The van der Waals surface area contributed by atoms with Crippen molar-refractivity contribution in [3.63, 3.8) is 0 Å². The summed E-state index contributed by atoms with van der Waals surface area (Å²) >= 11 is 0. The number of alkyl halides is 2. The zero-order valence-electron chi connectivity index (χ0n) is 8.30. The van der Waals surface area contributed by atoms with Gasteiger partial charge in [0, 0.05) is 18.3 Å². The first-order valence-electron chi connectivity index (χ1n) is 4.44. The van der Waals surface area contributed by atoms with E-state index in [0.29, 0.717) is 11.1 Å². The average Bonchev–Trinajstić information content (AvgIpc) is 2.18. The van der Waals surface area contributed by atoms with Crippen LogP contribution < -0.4 is 5.73 Å². The summed E-state index contributed by atoms with van der Waals surface area (Å²) in [5.41, 5.74) is 6.41. The summed E-state index contributed by atoms with van der Waals surface area (Å²) in [6.45, 7) is 1.75. The normalized spacial score (nSPS) is 10.4. The largest absolute Gasteiger partial charge is 0.326 e. The lowest BCUT2D eigenvalue weighted by Gasteiger charge is -2.12. The van der Waals surface area contributed by atoms with Crippen molar-refractivity contribution in [2.45, 2.75) is 26.3 Å². The molecule has 0 unspecified atom stereocenters. The molecule has 1 aromatic heterocycles. The Morgan fingerprint density at radius 1 is 1.60 bits per heavy atom. The van der Waals surface area contributed by atoms with Crippen molar-refractivity contribution in [3.05, 3.63) is 28.6 Å². The molecule has 80 valence electrons. The lowest BCUT2D eigenvalue weighted by atomic mass is 10.0. The average molecular weight is 211 g/mol. The Hall–Kier alpha value is -1.54. The van der Waals surface area contributed by atoms with Gasteiger partial charge in [-0.1, -0.05) is 0 Å². The number of hydrogen-bond donors (Lipinski definition) is 1. The van der Waals surface area contributed by atoms with Crippen LogP contribution in [0.1, 0.15) is 28.8 Å². The van der Waals surface area contributed by atoms with Gasteiger partial charge in [-0.15, -0.1) is 0 Å². The molecular formula is C10H11F2N3. The molecule has 1 aromatic rings. The third-order valence-electron chi connectivity index (χ3n) is 2.26. The summed E-state index contributed by atoms with van der Waals surface area (Å²) in [5, 5.41) is 8.48. The summed E-state index contributed by atoms with van der Waals surface area (Å²) in [6.07, 6.45) is -1.27. The Bertz CT molecular complexity index is 396. The molecule has 0 fully saturated rings. The Labute approximate surface area is 86.5 Å². The van der Waals surface area contributed by atoms with Crippen molar-refractivity contribution in [1.29, 1.82) is 5.26 Å². The van der Waals surface area contributed by atoms with Gasteiger partial charge >= 0.3 is 0 Å². The number of nitrogens with zero attached hydrogens (tertiary/aromatic N) is 2. The summed E-state index contributed by atoms with van der Waals surface area (Å²) in [7, 11) is 0. The molecule has 0 amide bonds. The van der Waals surface area contributed by atoms with E-state index in [0.717, 1.165) is 0 Å². The van der Waals surface area contributed by atoms with Crippen LogP contribution in [0.3, 0.4) is 0 Å². The van der Waals surface area contributed by atoms with Crippen LogP contribution in [0.5, 0.6) is 0 Å². The molecule has 5 heteroatoms. The van der Waals surface area contributed by atoms with E-state index in [2.05, 4.69) is 4.98 Å². The van der Waals surface area contributed by atoms with E-state index >= 15 is 0 Å². The number of rotatable bonds is 3. The molecule has 0 atom stereocenters. The molecule has 2 N–H and O–H groups in total. The number of hydrogen-bond acceptors (Lipinski definition) is 3. The first kappa shape index (κ1) is 11.5. The second-order valence-corrected chi connectivity index (χ2v) is 3.11. The Balaban J connectivity index is 3.32. The lowest BCUT2D eigenvalue weighted by molar-refractivity contribution is 0.149. The van der Waals surface area contributed by atoms with Crippen LogP contribution >= 0.6 is 0 Å². The highest BCUT2D eigenvalue weighted by Gasteiger charge is 2.18. The highest BCUT2D eigenvalue weighted by molar-refractivity contribution is 5.37. The van der Waals surface area contributed by atoms with Crippen LogP contribution in [-0.2, 0) is 13.0 Å². The maximum atomic E-state index is 12.7. The lowest BCUT2D eigenvalue weighted by Crippen LogP contribution is -2.07. The molecule has 15 heavy (non-hydrogen) atoms. The van der Waals surface area contributed by atoms with Gasteiger partial charge in [-0.2, -0.15) is 5.26 Å². The summed E-state index contributed by atoms with van der Waals surface area (Å²) in [4.78, 5) is 3.84. The molecule has 0 aliphatic rings. The SMILES string of the molecule is Cc1c(CN)cnc(CC#N)c1C(F)F. The number of pyridine rings is 1. The Kier molecular flexibility index (Phi) is 3.69. The van der Waals surface area contributed by atoms with Crippen molar-refractivity contribution in [2.24, 2.45) is 5.73 Å². The van der Waals surface area contributed by atoms with Crippen LogP contribution in [-0.4, -0.2) is 4.98 Å². The van der Waals surface area contributed by atoms with E-state index in [1.54, 1.807) is 6.92 Å². The molecule has 0 radical (unpaired) electrons. The van der Waals surface area contributed by atoms with Gasteiger partial charge in [-0.3, -0.25) is 4.98 Å². The van der Waals surface area contributed by atoms with E-state index in [-0.39, 0.29) is 24.2 Å². The van der Waals surface area contributed by atoms with Gasteiger partial charge in [0.15, 0.2) is 0 Å². The molecule has 0 spiro atoms. The van der Waals surface area contributed by atoms with Crippen molar-refractivity contribution in [3.8, 4) is 6.07 Å². The highest BCUT2D eigenvalue weighted by Crippen LogP contribution is 2.27. The second kappa shape index (κ2) is 4.80. The van der Waals surface area contributed by atoms with Gasteiger partial charge in [0.25, 0.3) is 6.43 Å². The van der Waals surface area contributed by atoms with Crippen LogP contribution in [0.15, 0.2) is 6.20 Å². The van der Waals surface area contributed by atoms with Crippen molar-refractivity contribution >= 4 is 0 Å². The standard InChI is InChI=1S/C10H11F2N3/c1-6-7(4-14)5-15-8(2-3-13)9(6)10(11)12/h5,10H,2,4,14H2,1H3. The summed E-state index contributed by atoms with van der Waals surface area (Å²) < 4.78 is 25.5. The van der Waals surface area contributed by atoms with Crippen molar-refractivity contribution < 1.29 is 8.78 Å². The minimum Gasteiger partial charge on any atom is -0.326 e. The van der Waals surface area contributed by atoms with Gasteiger partial charge in [0.2, 0.25) is 0 Å². The fraction of sp³-hybridized carbons (Fsp3) is 0.400. The van der Waals surface area contributed by atoms with Crippen molar-refractivity contribution in [1.82, 2.24) is 4.98 Å². The zero-order chi connectivity index (χ0) is 11.4. The van der Waals surface area contributed by atoms with Crippen LogP contribution in [0, 0.1) is 18.3 Å². The van der Waals surface area contributed by atoms with Crippen LogP contribution in [0.25, 0.3) is 0 Å². The topological polar surface area (TPSA) is 62.7 Å². The maximum Gasteiger partial charge on any atom is 0.265 e. The molecule has 0 aliphatic heterocycles. The van der Waals surface area contributed by atoms with E-state index < -0.39 is 6.43 Å². The third-order valence-corrected chi connectivity index (χ3v) is 2.26. The van der Waals surface area contributed by atoms with Crippen LogP contribution in [0.2, 0.25) is 0 Å². The minimum absolute atomic E-state index is 0.106. The molecule has 0 bridgehead atoms.